The van der Waals surface area contributed by atoms with Crippen molar-refractivity contribution in [2.45, 2.75) is 90.4 Å². The fourth-order valence-corrected chi connectivity index (χ4v) is 4.56. The number of aromatic amines is 1. The van der Waals surface area contributed by atoms with E-state index in [9.17, 15) is 24.3 Å². The number of hydrogen-bond donors (Lipinski definition) is 7. The number of carbonyl (C=O) groups is 4. The van der Waals surface area contributed by atoms with Crippen LogP contribution in [0.4, 0.5) is 0 Å². The maximum absolute atomic E-state index is 13.4. The lowest BCUT2D eigenvalue weighted by molar-refractivity contribution is -0.142. The van der Waals surface area contributed by atoms with Crippen LogP contribution in [-0.4, -0.2) is 64.5 Å². The van der Waals surface area contributed by atoms with Crippen molar-refractivity contribution >= 4 is 34.6 Å². The Morgan fingerprint density at radius 3 is 2.25 bits per heavy atom. The Bertz CT molecular complexity index is 1130. The van der Waals surface area contributed by atoms with Crippen LogP contribution in [0.25, 0.3) is 10.9 Å². The van der Waals surface area contributed by atoms with Gasteiger partial charge in [-0.3, -0.25) is 14.4 Å². The number of nitrogens with two attached hydrogens (primary N) is 2. The summed E-state index contributed by atoms with van der Waals surface area (Å²) in [5.41, 5.74) is 13.2. The van der Waals surface area contributed by atoms with E-state index in [0.29, 0.717) is 32.2 Å². The van der Waals surface area contributed by atoms with Crippen molar-refractivity contribution in [3.05, 3.63) is 36.0 Å². The summed E-state index contributed by atoms with van der Waals surface area (Å²) in [4.78, 5) is 54.7. The topological polar surface area (TPSA) is 192 Å². The van der Waals surface area contributed by atoms with E-state index >= 15 is 0 Å². The van der Waals surface area contributed by atoms with Crippen molar-refractivity contribution in [1.29, 1.82) is 0 Å². The van der Waals surface area contributed by atoms with Crippen molar-refractivity contribution in [2.75, 3.05) is 6.54 Å². The molecule has 0 aliphatic rings. The number of rotatable bonds is 17. The van der Waals surface area contributed by atoms with Gasteiger partial charge in [0, 0.05) is 23.5 Å². The highest BCUT2D eigenvalue weighted by Crippen LogP contribution is 2.19. The first-order chi connectivity index (χ1) is 19.0. The molecule has 11 nitrogen and oxygen atoms in total. The molecule has 11 heteroatoms. The molecule has 0 saturated carbocycles. The molecule has 1 aromatic heterocycles. The minimum atomic E-state index is -1.20. The Morgan fingerprint density at radius 1 is 0.950 bits per heavy atom. The van der Waals surface area contributed by atoms with Crippen LogP contribution in [0.15, 0.2) is 30.5 Å². The standard InChI is InChI=1S/C29H46N6O5/c1-5-18(4)25(35-27(37)23(14-17(2)3)33-26(36)21(31)11-8-9-13-30)28(38)34-24(29(39)40)15-19-16-32-22-12-7-6-10-20(19)22/h6-7,10,12,16-18,21,23-25,32H,5,8-9,11,13-15,30-31H2,1-4H3,(H,33,36)(H,34,38)(H,35,37)(H,39,40). The molecule has 0 aliphatic heterocycles. The molecule has 0 bridgehead atoms. The van der Waals surface area contributed by atoms with Gasteiger partial charge in [-0.05, 0) is 49.3 Å². The zero-order valence-electron chi connectivity index (χ0n) is 24.0. The summed E-state index contributed by atoms with van der Waals surface area (Å²) in [6.07, 6.45) is 4.61. The summed E-state index contributed by atoms with van der Waals surface area (Å²) in [6, 6.07) is 3.65. The fraction of sp³-hybridized carbons (Fsp3) is 0.586. The van der Waals surface area contributed by atoms with Crippen molar-refractivity contribution in [2.24, 2.45) is 23.3 Å². The number of benzene rings is 1. The van der Waals surface area contributed by atoms with Crippen LogP contribution in [0.3, 0.4) is 0 Å². The first-order valence-corrected chi connectivity index (χ1v) is 14.1. The van der Waals surface area contributed by atoms with Gasteiger partial charge in [0.25, 0.3) is 0 Å². The number of carboxylic acids is 1. The number of hydrogen-bond acceptors (Lipinski definition) is 6. The zero-order chi connectivity index (χ0) is 29.8. The fourth-order valence-electron chi connectivity index (χ4n) is 4.56. The third-order valence-corrected chi connectivity index (χ3v) is 7.15. The summed E-state index contributed by atoms with van der Waals surface area (Å²) in [7, 11) is 0. The van der Waals surface area contributed by atoms with Gasteiger partial charge in [0.2, 0.25) is 17.7 Å². The minimum absolute atomic E-state index is 0.0698. The maximum atomic E-state index is 13.4. The average molecular weight is 559 g/mol. The molecule has 5 atom stereocenters. The van der Waals surface area contributed by atoms with Crippen LogP contribution in [0.2, 0.25) is 0 Å². The Balaban J connectivity index is 2.16. The average Bonchev–Trinajstić information content (AvgIpc) is 3.32. The molecular formula is C29H46N6O5. The number of nitrogens with one attached hydrogen (secondary N) is 4. The number of amides is 3. The number of carboxylic acid groups (broad SMARTS) is 1. The molecule has 3 amide bonds. The molecule has 1 aromatic carbocycles. The van der Waals surface area contributed by atoms with Gasteiger partial charge in [-0.25, -0.2) is 4.79 Å². The molecule has 0 spiro atoms. The van der Waals surface area contributed by atoms with E-state index in [-0.39, 0.29) is 18.3 Å². The van der Waals surface area contributed by atoms with Gasteiger partial charge in [0.1, 0.15) is 18.1 Å². The Kier molecular flexibility index (Phi) is 13.1. The van der Waals surface area contributed by atoms with E-state index < -0.39 is 47.9 Å². The lowest BCUT2D eigenvalue weighted by Crippen LogP contribution is -2.59. The molecular weight excluding hydrogens is 512 g/mol. The number of aliphatic carboxylic acids is 1. The Labute approximate surface area is 236 Å². The second-order valence-corrected chi connectivity index (χ2v) is 10.9. The number of unbranched alkanes of at least 4 members (excludes halogenated alkanes) is 1. The summed E-state index contributed by atoms with van der Waals surface area (Å²) in [5.74, 6) is -2.94. The molecule has 0 saturated heterocycles. The highest BCUT2D eigenvalue weighted by molar-refractivity contribution is 5.94. The number of para-hydroxylation sites is 1. The van der Waals surface area contributed by atoms with E-state index in [2.05, 4.69) is 20.9 Å². The molecule has 40 heavy (non-hydrogen) atoms. The zero-order valence-corrected chi connectivity index (χ0v) is 24.0. The van der Waals surface area contributed by atoms with Crippen molar-refractivity contribution in [1.82, 2.24) is 20.9 Å². The highest BCUT2D eigenvalue weighted by atomic mass is 16.4. The van der Waals surface area contributed by atoms with Gasteiger partial charge in [0.05, 0.1) is 6.04 Å². The monoisotopic (exact) mass is 558 g/mol. The molecule has 0 radical (unpaired) electrons. The largest absolute Gasteiger partial charge is 0.480 e. The second kappa shape index (κ2) is 16.0. The van der Waals surface area contributed by atoms with Crippen molar-refractivity contribution in [3.63, 3.8) is 0 Å². The summed E-state index contributed by atoms with van der Waals surface area (Å²) in [6.45, 7) is 8.05. The van der Waals surface area contributed by atoms with E-state index in [1.165, 1.54) is 0 Å². The van der Waals surface area contributed by atoms with Crippen LogP contribution in [0.1, 0.15) is 65.4 Å². The molecule has 0 aliphatic carbocycles. The predicted octanol–water partition coefficient (Wildman–Crippen LogP) is 1.80. The number of aromatic nitrogens is 1. The Morgan fingerprint density at radius 2 is 1.62 bits per heavy atom. The molecule has 0 fully saturated rings. The third kappa shape index (κ3) is 9.63. The van der Waals surface area contributed by atoms with Gasteiger partial charge < -0.3 is 37.5 Å². The Hall–Kier alpha value is -3.44. The van der Waals surface area contributed by atoms with Crippen LogP contribution in [0, 0.1) is 11.8 Å². The summed E-state index contributed by atoms with van der Waals surface area (Å²) >= 11 is 0. The lowest BCUT2D eigenvalue weighted by Gasteiger charge is -2.28. The number of carbonyl (C=O) groups excluding carboxylic acids is 3. The molecule has 9 N–H and O–H groups in total. The molecule has 1 heterocycles. The lowest BCUT2D eigenvalue weighted by atomic mass is 9.96. The minimum Gasteiger partial charge on any atom is -0.480 e. The van der Waals surface area contributed by atoms with Crippen molar-refractivity contribution in [3.8, 4) is 0 Å². The van der Waals surface area contributed by atoms with Gasteiger partial charge in [-0.15, -0.1) is 0 Å². The molecule has 2 rings (SSSR count). The van der Waals surface area contributed by atoms with Crippen molar-refractivity contribution < 1.29 is 24.3 Å². The van der Waals surface area contributed by atoms with Gasteiger partial charge in [0.15, 0.2) is 0 Å². The van der Waals surface area contributed by atoms with Crippen LogP contribution >= 0.6 is 0 Å². The van der Waals surface area contributed by atoms with Crippen LogP contribution in [0.5, 0.6) is 0 Å². The van der Waals surface area contributed by atoms with Gasteiger partial charge >= 0.3 is 5.97 Å². The van der Waals surface area contributed by atoms with Gasteiger partial charge in [-0.1, -0.05) is 58.7 Å². The predicted molar refractivity (Wildman–Crippen MR) is 155 cm³/mol. The maximum Gasteiger partial charge on any atom is 0.326 e. The van der Waals surface area contributed by atoms with E-state index in [1.54, 1.807) is 6.20 Å². The normalized spacial score (nSPS) is 15.2. The first-order valence-electron chi connectivity index (χ1n) is 14.1. The van der Waals surface area contributed by atoms with E-state index in [4.69, 9.17) is 11.5 Å². The number of fused-ring (bicyclic) bond motifs is 1. The third-order valence-electron chi connectivity index (χ3n) is 7.15. The quantitative estimate of drug-likeness (QED) is 0.144. The molecule has 222 valence electrons. The van der Waals surface area contributed by atoms with Gasteiger partial charge in [-0.2, -0.15) is 0 Å². The van der Waals surface area contributed by atoms with E-state index in [1.807, 2.05) is 52.0 Å². The summed E-state index contributed by atoms with van der Waals surface area (Å²) < 4.78 is 0. The highest BCUT2D eigenvalue weighted by Gasteiger charge is 2.33. The SMILES string of the molecule is CCC(C)C(NC(=O)C(CC(C)C)NC(=O)C(N)CCCCN)C(=O)NC(Cc1c[nH]c2ccccc12)C(=O)O. The van der Waals surface area contributed by atoms with E-state index in [0.717, 1.165) is 22.9 Å². The second-order valence-electron chi connectivity index (χ2n) is 10.9. The molecule has 2 aromatic rings. The molecule has 5 unspecified atom stereocenters. The number of H-pyrrole nitrogens is 1. The van der Waals surface area contributed by atoms with Crippen LogP contribution < -0.4 is 27.4 Å². The smallest absolute Gasteiger partial charge is 0.326 e. The first kappa shape index (κ1) is 32.8. The van der Waals surface area contributed by atoms with Crippen LogP contribution in [-0.2, 0) is 25.6 Å². The summed E-state index contributed by atoms with van der Waals surface area (Å²) in [5, 5.41) is 18.9.